The number of rotatable bonds is 4. The van der Waals surface area contributed by atoms with E-state index in [1.807, 2.05) is 12.1 Å². The van der Waals surface area contributed by atoms with Crippen LogP contribution >= 0.6 is 0 Å². The van der Waals surface area contributed by atoms with E-state index < -0.39 is 0 Å². The van der Waals surface area contributed by atoms with Crippen molar-refractivity contribution in [3.8, 4) is 6.07 Å². The molecule has 2 aromatic heterocycles. The first-order valence-corrected chi connectivity index (χ1v) is 9.47. The van der Waals surface area contributed by atoms with Crippen molar-refractivity contribution >= 4 is 5.82 Å². The molecule has 4 heterocycles. The summed E-state index contributed by atoms with van der Waals surface area (Å²) in [6.45, 7) is 5.07. The second kappa shape index (κ2) is 7.42. The largest absolute Gasteiger partial charge is 0.356 e. The number of likely N-dealkylation sites (tertiary alicyclic amines) is 1. The first-order valence-electron chi connectivity index (χ1n) is 9.47. The van der Waals surface area contributed by atoms with Crippen LogP contribution in [0.4, 0.5) is 5.82 Å². The average Bonchev–Trinajstić information content (AvgIpc) is 3.33. The van der Waals surface area contributed by atoms with Gasteiger partial charge < -0.3 is 9.47 Å². The van der Waals surface area contributed by atoms with E-state index in [2.05, 4.69) is 42.7 Å². The Morgan fingerprint density at radius 1 is 1.15 bits per heavy atom. The fourth-order valence-electron chi connectivity index (χ4n) is 4.07. The van der Waals surface area contributed by atoms with Crippen LogP contribution in [0.3, 0.4) is 0 Å². The molecular formula is C19H25N7. The maximum atomic E-state index is 9.09. The number of nitrogens with zero attached hydrogens (tertiary/aromatic N) is 7. The number of piperidine rings is 1. The van der Waals surface area contributed by atoms with E-state index in [1.165, 1.54) is 25.9 Å². The predicted molar refractivity (Wildman–Crippen MR) is 98.7 cm³/mol. The van der Waals surface area contributed by atoms with Gasteiger partial charge in [0.2, 0.25) is 0 Å². The van der Waals surface area contributed by atoms with Crippen LogP contribution in [0.25, 0.3) is 0 Å². The Kier molecular flexibility index (Phi) is 4.85. The summed E-state index contributed by atoms with van der Waals surface area (Å²) in [5.41, 5.74) is 0.469. The molecule has 0 bridgehead atoms. The van der Waals surface area contributed by atoms with Crippen LogP contribution in [0.2, 0.25) is 0 Å². The van der Waals surface area contributed by atoms with Crippen molar-refractivity contribution in [3.63, 3.8) is 0 Å². The van der Waals surface area contributed by atoms with Crippen molar-refractivity contribution in [2.75, 3.05) is 31.1 Å². The maximum absolute atomic E-state index is 9.09. The minimum atomic E-state index is 0.348. The summed E-state index contributed by atoms with van der Waals surface area (Å²) in [6, 6.07) is 7.76. The van der Waals surface area contributed by atoms with Crippen molar-refractivity contribution in [1.82, 2.24) is 24.6 Å². The summed E-state index contributed by atoms with van der Waals surface area (Å²) in [6.07, 6.45) is 4.79. The zero-order valence-electron chi connectivity index (χ0n) is 15.3. The highest BCUT2D eigenvalue weighted by atomic mass is 15.3. The maximum Gasteiger partial charge on any atom is 0.146 e. The van der Waals surface area contributed by atoms with Gasteiger partial charge in [0, 0.05) is 26.1 Å². The van der Waals surface area contributed by atoms with Gasteiger partial charge in [-0.1, -0.05) is 6.07 Å². The second-order valence-electron chi connectivity index (χ2n) is 7.29. The van der Waals surface area contributed by atoms with Gasteiger partial charge in [0.05, 0.1) is 6.54 Å². The molecule has 0 N–H and O–H groups in total. The molecule has 0 radical (unpaired) electrons. The fourth-order valence-corrected chi connectivity index (χ4v) is 4.07. The predicted octanol–water partition coefficient (Wildman–Crippen LogP) is 2.06. The van der Waals surface area contributed by atoms with Crippen LogP contribution in [0.15, 0.2) is 18.2 Å². The topological polar surface area (TPSA) is 73.9 Å². The van der Waals surface area contributed by atoms with Gasteiger partial charge in [-0.3, -0.25) is 4.90 Å². The number of nitriles is 1. The van der Waals surface area contributed by atoms with Crippen molar-refractivity contribution in [2.45, 2.75) is 38.1 Å². The molecule has 2 aromatic rings. The lowest BCUT2D eigenvalue weighted by atomic mass is 9.97. The molecule has 136 valence electrons. The Labute approximate surface area is 154 Å². The fraction of sp³-hybridized carbons (Fsp3) is 0.579. The standard InChI is InChI=1S/C19H25N7/c1-24-18(14-25-9-2-3-10-25)22-23-19(24)15-6-5-11-26(13-15)17-8-4-7-16(12-20)21-17/h4,7-8,15H,2-3,5-6,9-11,13-14H2,1H3/t15-/m1/s1. The van der Waals surface area contributed by atoms with Gasteiger partial charge in [-0.2, -0.15) is 5.26 Å². The summed E-state index contributed by atoms with van der Waals surface area (Å²) in [5, 5.41) is 18.1. The summed E-state index contributed by atoms with van der Waals surface area (Å²) in [4.78, 5) is 9.18. The molecule has 7 heteroatoms. The molecule has 2 fully saturated rings. The molecule has 0 spiro atoms. The number of pyridine rings is 1. The van der Waals surface area contributed by atoms with E-state index in [0.29, 0.717) is 11.6 Å². The van der Waals surface area contributed by atoms with Gasteiger partial charge in [0.25, 0.3) is 0 Å². The average molecular weight is 351 g/mol. The van der Waals surface area contributed by atoms with Crippen LogP contribution in [0.5, 0.6) is 0 Å². The van der Waals surface area contributed by atoms with Crippen LogP contribution in [-0.4, -0.2) is 50.8 Å². The minimum absolute atomic E-state index is 0.348. The molecule has 0 aromatic carbocycles. The minimum Gasteiger partial charge on any atom is -0.356 e. The van der Waals surface area contributed by atoms with Gasteiger partial charge in [0.15, 0.2) is 0 Å². The van der Waals surface area contributed by atoms with E-state index in [-0.39, 0.29) is 0 Å². The van der Waals surface area contributed by atoms with Crippen molar-refractivity contribution in [2.24, 2.45) is 7.05 Å². The first-order chi connectivity index (χ1) is 12.7. The smallest absolute Gasteiger partial charge is 0.146 e. The quantitative estimate of drug-likeness (QED) is 0.839. The number of hydrogen-bond acceptors (Lipinski definition) is 6. The van der Waals surface area contributed by atoms with E-state index in [0.717, 1.165) is 49.9 Å². The van der Waals surface area contributed by atoms with Gasteiger partial charge in [-0.05, 0) is 50.9 Å². The Bertz CT molecular complexity index is 800. The summed E-state index contributed by atoms with van der Waals surface area (Å²) >= 11 is 0. The van der Waals surface area contributed by atoms with Crippen LogP contribution in [-0.2, 0) is 13.6 Å². The van der Waals surface area contributed by atoms with Crippen LogP contribution in [0, 0.1) is 11.3 Å². The lowest BCUT2D eigenvalue weighted by Crippen LogP contribution is -2.36. The van der Waals surface area contributed by atoms with Gasteiger partial charge in [-0.25, -0.2) is 4.98 Å². The molecule has 0 aliphatic carbocycles. The normalized spacial score (nSPS) is 21.1. The van der Waals surface area contributed by atoms with Gasteiger partial charge >= 0.3 is 0 Å². The molecule has 1 atom stereocenters. The number of aromatic nitrogens is 4. The molecule has 2 aliphatic heterocycles. The first kappa shape index (κ1) is 17.0. The highest BCUT2D eigenvalue weighted by molar-refractivity contribution is 5.42. The van der Waals surface area contributed by atoms with Crippen LogP contribution in [0.1, 0.15) is 48.9 Å². The third-order valence-electron chi connectivity index (χ3n) is 5.52. The molecule has 26 heavy (non-hydrogen) atoms. The molecule has 0 unspecified atom stereocenters. The summed E-state index contributed by atoms with van der Waals surface area (Å²) < 4.78 is 2.19. The molecule has 7 nitrogen and oxygen atoms in total. The SMILES string of the molecule is Cn1c(CN2CCCC2)nnc1[C@@H]1CCCN(c2cccc(C#N)n2)C1. The highest BCUT2D eigenvalue weighted by Crippen LogP contribution is 2.28. The second-order valence-corrected chi connectivity index (χ2v) is 7.29. The van der Waals surface area contributed by atoms with Crippen molar-refractivity contribution in [1.29, 1.82) is 5.26 Å². The van der Waals surface area contributed by atoms with E-state index in [1.54, 1.807) is 6.07 Å². The van der Waals surface area contributed by atoms with Gasteiger partial charge in [-0.15, -0.1) is 10.2 Å². The third kappa shape index (κ3) is 3.42. The summed E-state index contributed by atoms with van der Waals surface area (Å²) in [7, 11) is 2.09. The highest BCUT2D eigenvalue weighted by Gasteiger charge is 2.27. The molecule has 0 amide bonds. The molecule has 0 saturated carbocycles. The Morgan fingerprint density at radius 2 is 2.00 bits per heavy atom. The third-order valence-corrected chi connectivity index (χ3v) is 5.52. The monoisotopic (exact) mass is 351 g/mol. The zero-order valence-corrected chi connectivity index (χ0v) is 15.3. The summed E-state index contributed by atoms with van der Waals surface area (Å²) in [5.74, 6) is 3.36. The molecule has 2 saturated heterocycles. The Balaban J connectivity index is 1.49. The van der Waals surface area contributed by atoms with Gasteiger partial charge in [0.1, 0.15) is 29.2 Å². The Hall–Kier alpha value is -2.46. The van der Waals surface area contributed by atoms with E-state index in [4.69, 9.17) is 5.26 Å². The molecular weight excluding hydrogens is 326 g/mol. The van der Waals surface area contributed by atoms with E-state index in [9.17, 15) is 0 Å². The lowest BCUT2D eigenvalue weighted by molar-refractivity contribution is 0.317. The lowest BCUT2D eigenvalue weighted by Gasteiger charge is -2.33. The van der Waals surface area contributed by atoms with Crippen LogP contribution < -0.4 is 4.90 Å². The zero-order chi connectivity index (χ0) is 17.9. The molecule has 4 rings (SSSR count). The van der Waals surface area contributed by atoms with Crippen molar-refractivity contribution < 1.29 is 0 Å². The Morgan fingerprint density at radius 3 is 2.81 bits per heavy atom. The van der Waals surface area contributed by atoms with Crippen molar-refractivity contribution in [3.05, 3.63) is 35.5 Å². The number of hydrogen-bond donors (Lipinski definition) is 0. The molecule has 2 aliphatic rings. The number of anilines is 1. The van der Waals surface area contributed by atoms with E-state index >= 15 is 0 Å².